The van der Waals surface area contributed by atoms with Crippen molar-refractivity contribution in [1.82, 2.24) is 11.2 Å². The van der Waals surface area contributed by atoms with Gasteiger partial charge in [0.05, 0.1) is 0 Å². The lowest BCUT2D eigenvalue weighted by molar-refractivity contribution is -0.119. The Morgan fingerprint density at radius 3 is 2.80 bits per heavy atom. The number of carbonyl (C=O) groups is 1. The smallest absolute Gasteiger partial charge is 0.226 e. The van der Waals surface area contributed by atoms with Gasteiger partial charge in [-0.05, 0) is 12.3 Å². The molecule has 5 heteroatoms. The summed E-state index contributed by atoms with van der Waals surface area (Å²) in [6.07, 6.45) is 1.13. The molecule has 5 nitrogen and oxygen atoms in total. The number of nitrogens with zero attached hydrogens (tertiary/aromatic N) is 2. The van der Waals surface area contributed by atoms with Crippen LogP contribution in [0.1, 0.15) is 19.8 Å². The molecule has 0 bridgehead atoms. The lowest BCUT2D eigenvalue weighted by Crippen LogP contribution is -2.36. The van der Waals surface area contributed by atoms with Crippen molar-refractivity contribution in [3.8, 4) is 0 Å². The van der Waals surface area contributed by atoms with Gasteiger partial charge < -0.3 is 5.73 Å². The third-order valence-electron chi connectivity index (χ3n) is 0.852. The predicted octanol–water partition coefficient (Wildman–Crippen LogP) is -0.799. The molecule has 3 N–H and O–H groups in total. The second kappa shape index (κ2) is 4.60. The number of guanidine groups is 1. The van der Waals surface area contributed by atoms with Crippen LogP contribution < -0.4 is 16.9 Å². The average molecular weight is 142 g/mol. The molecule has 2 radical (unpaired) electrons. The summed E-state index contributed by atoms with van der Waals surface area (Å²) in [6, 6.07) is 0. The average Bonchev–Trinajstić information content (AvgIpc) is 1.88. The zero-order chi connectivity index (χ0) is 7.98. The van der Waals surface area contributed by atoms with E-state index < -0.39 is 0 Å². The van der Waals surface area contributed by atoms with E-state index >= 15 is 0 Å². The molecule has 0 saturated heterocycles. The van der Waals surface area contributed by atoms with Crippen LogP contribution in [-0.2, 0) is 4.79 Å². The minimum absolute atomic E-state index is 0.238. The van der Waals surface area contributed by atoms with Gasteiger partial charge in [0, 0.05) is 6.42 Å². The van der Waals surface area contributed by atoms with Crippen molar-refractivity contribution in [2.24, 2.45) is 10.8 Å². The highest BCUT2D eigenvalue weighted by Gasteiger charge is 1.99. The number of rotatable bonds is 2. The van der Waals surface area contributed by atoms with Gasteiger partial charge in [-0.3, -0.25) is 10.1 Å². The van der Waals surface area contributed by atoms with Crippen LogP contribution in [0.2, 0.25) is 0 Å². The maximum atomic E-state index is 10.6. The molecule has 10 heavy (non-hydrogen) atoms. The van der Waals surface area contributed by atoms with Crippen LogP contribution in [0.25, 0.3) is 0 Å². The molecule has 0 aliphatic heterocycles. The Balaban J connectivity index is 3.58. The molecule has 0 aliphatic rings. The number of nitrogens with two attached hydrogens (primary N) is 1. The molecule has 0 spiro atoms. The highest BCUT2D eigenvalue weighted by Crippen LogP contribution is 1.83. The predicted molar refractivity (Wildman–Crippen MR) is 36.8 cm³/mol. The Hall–Kier alpha value is -1.26. The Bertz CT molecular complexity index is 143. The molecule has 0 heterocycles. The van der Waals surface area contributed by atoms with E-state index in [0.29, 0.717) is 6.42 Å². The minimum atomic E-state index is -0.265. The molecule has 0 aliphatic carbocycles. The van der Waals surface area contributed by atoms with Crippen LogP contribution in [0.3, 0.4) is 0 Å². The second-order valence-corrected chi connectivity index (χ2v) is 1.78. The number of hydrogen-bond donors (Lipinski definition) is 2. The summed E-state index contributed by atoms with van der Waals surface area (Å²) in [5, 5.41) is 4.74. The van der Waals surface area contributed by atoms with Crippen molar-refractivity contribution in [3.63, 3.8) is 0 Å². The molecule has 0 fully saturated rings. The topological polar surface area (TPSA) is 89.8 Å². The summed E-state index contributed by atoms with van der Waals surface area (Å²) in [5.74, 6) is 7.50. The van der Waals surface area contributed by atoms with Crippen LogP contribution in [0.15, 0.2) is 5.10 Å². The Kier molecular flexibility index (Phi) is 4.02. The van der Waals surface area contributed by atoms with Crippen molar-refractivity contribution in [2.45, 2.75) is 19.8 Å². The van der Waals surface area contributed by atoms with Gasteiger partial charge in [0.25, 0.3) is 0 Å². The Labute approximate surface area is 59.5 Å². The van der Waals surface area contributed by atoms with Gasteiger partial charge in [-0.2, -0.15) is 0 Å². The van der Waals surface area contributed by atoms with Crippen molar-refractivity contribution in [3.05, 3.63) is 0 Å². The molecule has 0 saturated carbocycles. The van der Waals surface area contributed by atoms with E-state index in [-0.39, 0.29) is 11.9 Å². The number of carbonyl (C=O) groups excluding carboxylic acids is 1. The molecular formula is C5H10N4O. The SMILES string of the molecule is CCCC(=O)N/C(N)=N\[N]. The first-order valence-corrected chi connectivity index (χ1v) is 2.98. The minimum Gasteiger partial charge on any atom is -0.368 e. The van der Waals surface area contributed by atoms with Crippen LogP contribution in [0.4, 0.5) is 0 Å². The molecular weight excluding hydrogens is 132 g/mol. The summed E-state index contributed by atoms with van der Waals surface area (Å²) < 4.78 is 0. The van der Waals surface area contributed by atoms with E-state index in [2.05, 4.69) is 10.4 Å². The lowest BCUT2D eigenvalue weighted by atomic mass is 10.3. The number of nitrogens with one attached hydrogen (secondary N) is 1. The van der Waals surface area contributed by atoms with Crippen LogP contribution >= 0.6 is 0 Å². The summed E-state index contributed by atoms with van der Waals surface area (Å²) in [7, 11) is 0. The van der Waals surface area contributed by atoms with Crippen molar-refractivity contribution in [2.75, 3.05) is 0 Å². The van der Waals surface area contributed by atoms with E-state index in [4.69, 9.17) is 11.6 Å². The van der Waals surface area contributed by atoms with Crippen molar-refractivity contribution in [1.29, 1.82) is 0 Å². The Morgan fingerprint density at radius 1 is 1.80 bits per heavy atom. The molecule has 0 atom stereocenters. The summed E-state index contributed by atoms with van der Waals surface area (Å²) in [4.78, 5) is 10.6. The number of amides is 1. The molecule has 0 aromatic carbocycles. The van der Waals surface area contributed by atoms with Crippen molar-refractivity contribution < 1.29 is 4.79 Å². The summed E-state index contributed by atoms with van der Waals surface area (Å²) in [6.45, 7) is 1.87. The molecule has 56 valence electrons. The van der Waals surface area contributed by atoms with Crippen molar-refractivity contribution >= 4 is 11.9 Å². The highest BCUT2D eigenvalue weighted by atomic mass is 16.1. The first kappa shape index (κ1) is 8.74. The lowest BCUT2D eigenvalue weighted by Gasteiger charge is -1.98. The first-order valence-electron chi connectivity index (χ1n) is 2.98. The van der Waals surface area contributed by atoms with Gasteiger partial charge in [-0.1, -0.05) is 12.0 Å². The van der Waals surface area contributed by atoms with Gasteiger partial charge in [-0.15, -0.1) is 0 Å². The maximum absolute atomic E-state index is 10.6. The van der Waals surface area contributed by atoms with E-state index in [1.165, 1.54) is 0 Å². The van der Waals surface area contributed by atoms with Gasteiger partial charge in [-0.25, -0.2) is 0 Å². The van der Waals surface area contributed by atoms with Crippen LogP contribution in [0, 0.1) is 0 Å². The third kappa shape index (κ3) is 3.71. The molecule has 0 unspecified atom stereocenters. The first-order chi connectivity index (χ1) is 4.70. The summed E-state index contributed by atoms with van der Waals surface area (Å²) >= 11 is 0. The second-order valence-electron chi connectivity index (χ2n) is 1.78. The van der Waals surface area contributed by atoms with E-state index in [9.17, 15) is 4.79 Å². The van der Waals surface area contributed by atoms with E-state index in [1.54, 1.807) is 0 Å². The van der Waals surface area contributed by atoms with E-state index in [0.717, 1.165) is 6.42 Å². The van der Waals surface area contributed by atoms with E-state index in [1.807, 2.05) is 6.92 Å². The van der Waals surface area contributed by atoms with Gasteiger partial charge in [0.2, 0.25) is 11.9 Å². The quantitative estimate of drug-likeness (QED) is 0.300. The van der Waals surface area contributed by atoms with Gasteiger partial charge in [0.1, 0.15) is 0 Å². The monoisotopic (exact) mass is 142 g/mol. The fourth-order valence-electron chi connectivity index (χ4n) is 0.457. The standard InChI is InChI=1S/C5H10N4O/c1-2-3-4(10)8-5(6)9-7/h2-3H2,1H3,(H3,6,8,9,10). The zero-order valence-corrected chi connectivity index (χ0v) is 5.79. The summed E-state index contributed by atoms with van der Waals surface area (Å²) in [5.41, 5.74) is 4.97. The van der Waals surface area contributed by atoms with Crippen LogP contribution in [0.5, 0.6) is 0 Å². The zero-order valence-electron chi connectivity index (χ0n) is 5.79. The Morgan fingerprint density at radius 2 is 2.40 bits per heavy atom. The normalized spacial score (nSPS) is 11.1. The van der Waals surface area contributed by atoms with Gasteiger partial charge >= 0.3 is 0 Å². The fourth-order valence-corrected chi connectivity index (χ4v) is 0.457. The van der Waals surface area contributed by atoms with Gasteiger partial charge in [0.15, 0.2) is 0 Å². The fraction of sp³-hybridized carbons (Fsp3) is 0.600. The highest BCUT2D eigenvalue weighted by molar-refractivity contribution is 5.95. The maximum Gasteiger partial charge on any atom is 0.226 e. The molecule has 0 aromatic rings. The third-order valence-corrected chi connectivity index (χ3v) is 0.852. The van der Waals surface area contributed by atoms with Crippen LogP contribution in [-0.4, -0.2) is 11.9 Å². The largest absolute Gasteiger partial charge is 0.368 e. The molecule has 0 aromatic heterocycles. The number of hydrogen-bond acceptors (Lipinski definition) is 2. The molecule has 1 amide bonds. The molecule has 0 rings (SSSR count).